The van der Waals surface area contributed by atoms with Crippen molar-refractivity contribution in [3.63, 3.8) is 0 Å². The number of nitrogens with zero attached hydrogens (tertiary/aromatic N) is 2. The largest absolute Gasteiger partial charge is 0.473 e. The third-order valence-corrected chi connectivity index (χ3v) is 5.92. The average molecular weight is 368 g/mol. The van der Waals surface area contributed by atoms with Crippen molar-refractivity contribution in [1.82, 2.24) is 0 Å². The Morgan fingerprint density at radius 3 is 2.88 bits per heavy atom. The normalized spacial score (nSPS) is 28.2. The van der Waals surface area contributed by atoms with Gasteiger partial charge in [0.1, 0.15) is 10.8 Å². The summed E-state index contributed by atoms with van der Waals surface area (Å²) in [4.78, 5) is 22.7. The number of rotatable bonds is 3. The summed E-state index contributed by atoms with van der Waals surface area (Å²) in [5.41, 5.74) is 1.88. The van der Waals surface area contributed by atoms with E-state index in [0.717, 1.165) is 17.0 Å². The second kappa shape index (κ2) is 6.76. The van der Waals surface area contributed by atoms with Crippen molar-refractivity contribution < 1.29 is 14.3 Å². The highest BCUT2D eigenvalue weighted by Gasteiger charge is 2.59. The lowest BCUT2D eigenvalue weighted by atomic mass is 9.70. The predicted molar refractivity (Wildman–Crippen MR) is 104 cm³/mol. The van der Waals surface area contributed by atoms with Crippen LogP contribution in [0.4, 0.5) is 5.69 Å². The van der Waals surface area contributed by atoms with Crippen molar-refractivity contribution in [2.75, 3.05) is 13.2 Å². The molecule has 0 radical (unpaired) electrons. The molecule has 1 aliphatic carbocycles. The fourth-order valence-corrected chi connectivity index (χ4v) is 4.98. The van der Waals surface area contributed by atoms with Crippen molar-refractivity contribution in [1.29, 1.82) is 0 Å². The minimum atomic E-state index is -0.809. The molecule has 26 heavy (non-hydrogen) atoms. The summed E-state index contributed by atoms with van der Waals surface area (Å²) in [6.45, 7) is 4.57. The summed E-state index contributed by atoms with van der Waals surface area (Å²) in [6, 6.07) is 7.89. The van der Waals surface area contributed by atoms with Gasteiger partial charge >= 0.3 is 5.97 Å². The number of ether oxygens (including phenoxy) is 2. The number of carbonyl (C=O) groups excluding carboxylic acids is 1. The van der Waals surface area contributed by atoms with Gasteiger partial charge in [0.15, 0.2) is 0 Å². The van der Waals surface area contributed by atoms with E-state index in [1.54, 1.807) is 0 Å². The SMILES string of the molecule is CCOC(=O)C1SC(OCC)=NC12c1ccccc1N=C1C=CC=CC12. The summed E-state index contributed by atoms with van der Waals surface area (Å²) in [5, 5.41) is 0.0151. The van der Waals surface area contributed by atoms with Gasteiger partial charge in [0.25, 0.3) is 0 Å². The van der Waals surface area contributed by atoms with Gasteiger partial charge in [-0.05, 0) is 37.8 Å². The van der Waals surface area contributed by atoms with E-state index in [9.17, 15) is 4.79 Å². The van der Waals surface area contributed by atoms with Crippen LogP contribution < -0.4 is 0 Å². The summed E-state index contributed by atoms with van der Waals surface area (Å²) in [6.07, 6.45) is 8.01. The molecule has 1 aromatic rings. The minimum absolute atomic E-state index is 0.137. The maximum Gasteiger partial charge on any atom is 0.322 e. The lowest BCUT2D eigenvalue weighted by Crippen LogP contribution is -2.49. The Morgan fingerprint density at radius 1 is 1.23 bits per heavy atom. The van der Waals surface area contributed by atoms with Gasteiger partial charge in [-0.25, -0.2) is 4.99 Å². The Balaban J connectivity index is 1.94. The van der Waals surface area contributed by atoms with Crippen molar-refractivity contribution >= 4 is 34.4 Å². The zero-order valence-corrected chi connectivity index (χ0v) is 15.5. The first-order chi connectivity index (χ1) is 12.7. The number of fused-ring (bicyclic) bond motifs is 4. The van der Waals surface area contributed by atoms with Gasteiger partial charge in [0.2, 0.25) is 5.23 Å². The summed E-state index contributed by atoms with van der Waals surface area (Å²) in [5.74, 6) is -0.405. The maximum atomic E-state index is 12.9. The zero-order valence-electron chi connectivity index (χ0n) is 14.7. The van der Waals surface area contributed by atoms with Gasteiger partial charge in [0, 0.05) is 5.56 Å². The Morgan fingerprint density at radius 2 is 2.08 bits per heavy atom. The number of esters is 1. The number of carbonyl (C=O) groups is 1. The zero-order chi connectivity index (χ0) is 18.1. The number of hydrogen-bond acceptors (Lipinski definition) is 6. The highest BCUT2D eigenvalue weighted by Crippen LogP contribution is 2.55. The van der Waals surface area contributed by atoms with E-state index in [0.29, 0.717) is 18.4 Å². The number of aliphatic imine (C=N–C) groups is 2. The van der Waals surface area contributed by atoms with Crippen LogP contribution in [-0.4, -0.2) is 35.4 Å². The second-order valence-electron chi connectivity index (χ2n) is 6.16. The van der Waals surface area contributed by atoms with Crippen molar-refractivity contribution in [2.24, 2.45) is 15.9 Å². The van der Waals surface area contributed by atoms with Gasteiger partial charge in [-0.3, -0.25) is 9.79 Å². The summed E-state index contributed by atoms with van der Waals surface area (Å²) < 4.78 is 11.1. The van der Waals surface area contributed by atoms with Gasteiger partial charge in [-0.15, -0.1) is 0 Å². The highest BCUT2D eigenvalue weighted by atomic mass is 32.2. The van der Waals surface area contributed by atoms with E-state index in [2.05, 4.69) is 6.08 Å². The van der Waals surface area contributed by atoms with Gasteiger partial charge in [0.05, 0.1) is 30.5 Å². The molecule has 3 atom stereocenters. The second-order valence-corrected chi connectivity index (χ2v) is 7.22. The molecule has 0 amide bonds. The number of hydrogen-bond donors (Lipinski definition) is 0. The molecule has 0 N–H and O–H groups in total. The minimum Gasteiger partial charge on any atom is -0.473 e. The maximum absolute atomic E-state index is 12.9. The van der Waals surface area contributed by atoms with E-state index >= 15 is 0 Å². The number of allylic oxidation sites excluding steroid dienone is 3. The van der Waals surface area contributed by atoms with Crippen LogP contribution in [0.2, 0.25) is 0 Å². The molecule has 0 fully saturated rings. The first-order valence-corrected chi connectivity index (χ1v) is 9.67. The van der Waals surface area contributed by atoms with E-state index in [4.69, 9.17) is 19.5 Å². The molecule has 5 nitrogen and oxygen atoms in total. The molecule has 3 unspecified atom stereocenters. The predicted octanol–water partition coefficient (Wildman–Crippen LogP) is 3.78. The van der Waals surface area contributed by atoms with Crippen molar-refractivity contribution in [3.8, 4) is 0 Å². The van der Waals surface area contributed by atoms with Crippen LogP contribution >= 0.6 is 11.8 Å². The monoisotopic (exact) mass is 368 g/mol. The fraction of sp³-hybridized carbons (Fsp3) is 0.350. The third kappa shape index (κ3) is 2.51. The molecule has 4 rings (SSSR count). The standard InChI is InChI=1S/C20H20N2O3S/c1-3-24-18(23)17-20(22-19(26-17)25-4-2)13-9-5-7-11-15(13)21-16-12-8-6-10-14(16)20/h5-13,17H,3-4H2,1-2H3. The quantitative estimate of drug-likeness (QED) is 0.762. The lowest BCUT2D eigenvalue weighted by Gasteiger charge is -2.41. The molecule has 0 bridgehead atoms. The van der Waals surface area contributed by atoms with E-state index in [1.807, 2.05) is 56.3 Å². The molecule has 3 aliphatic rings. The average Bonchev–Trinajstić information content (AvgIpc) is 3.03. The van der Waals surface area contributed by atoms with E-state index < -0.39 is 10.8 Å². The third-order valence-electron chi connectivity index (χ3n) is 4.72. The molecule has 0 saturated heterocycles. The highest BCUT2D eigenvalue weighted by molar-refractivity contribution is 8.15. The molecule has 2 aliphatic heterocycles. The van der Waals surface area contributed by atoms with Crippen molar-refractivity contribution in [2.45, 2.75) is 24.6 Å². The first-order valence-electron chi connectivity index (χ1n) is 8.79. The summed E-state index contributed by atoms with van der Waals surface area (Å²) in [7, 11) is 0. The molecule has 2 heterocycles. The fourth-order valence-electron chi connectivity index (χ4n) is 3.72. The number of benzene rings is 1. The Labute approximate surface area is 156 Å². The molecular weight excluding hydrogens is 348 g/mol. The molecule has 0 saturated carbocycles. The van der Waals surface area contributed by atoms with E-state index in [-0.39, 0.29) is 11.9 Å². The Kier molecular flexibility index (Phi) is 4.44. The van der Waals surface area contributed by atoms with Crippen LogP contribution in [0.5, 0.6) is 0 Å². The summed E-state index contributed by atoms with van der Waals surface area (Å²) >= 11 is 1.35. The van der Waals surface area contributed by atoms with Crippen LogP contribution in [0.25, 0.3) is 0 Å². The topological polar surface area (TPSA) is 60.2 Å². The number of para-hydroxylation sites is 1. The Hall–Kier alpha value is -2.34. The van der Waals surface area contributed by atoms with Crippen LogP contribution in [0.3, 0.4) is 0 Å². The van der Waals surface area contributed by atoms with Crippen LogP contribution in [0.1, 0.15) is 19.4 Å². The van der Waals surface area contributed by atoms with Gasteiger partial charge in [-0.1, -0.05) is 36.4 Å². The molecule has 134 valence electrons. The molecule has 0 aromatic heterocycles. The van der Waals surface area contributed by atoms with Gasteiger partial charge in [-0.2, -0.15) is 0 Å². The van der Waals surface area contributed by atoms with Crippen LogP contribution in [0, 0.1) is 5.92 Å². The Bertz CT molecular complexity index is 858. The lowest BCUT2D eigenvalue weighted by molar-refractivity contribution is -0.143. The molecular formula is C20H20N2O3S. The smallest absolute Gasteiger partial charge is 0.322 e. The number of thioether (sulfide) groups is 1. The van der Waals surface area contributed by atoms with Crippen molar-refractivity contribution in [3.05, 3.63) is 54.1 Å². The van der Waals surface area contributed by atoms with Crippen LogP contribution in [-0.2, 0) is 19.8 Å². The molecule has 6 heteroatoms. The molecule has 1 spiro atoms. The first kappa shape index (κ1) is 17.1. The van der Waals surface area contributed by atoms with Gasteiger partial charge < -0.3 is 9.47 Å². The van der Waals surface area contributed by atoms with E-state index in [1.165, 1.54) is 11.8 Å². The van der Waals surface area contributed by atoms with Crippen LogP contribution in [0.15, 0.2) is 58.6 Å². The molecule has 1 aromatic carbocycles.